The molecule has 0 bridgehead atoms. The highest BCUT2D eigenvalue weighted by molar-refractivity contribution is 7.89. The molecule has 1 aliphatic rings. The molecule has 1 aromatic heterocycles. The molecular formula is C26H28N4O4S. The molecule has 0 saturated carbocycles. The molecule has 3 aromatic rings. The first kappa shape index (κ1) is 24.3. The number of hydrogen-bond acceptors (Lipinski definition) is 5. The number of allylic oxidation sites excluding steroid dienone is 1. The molecule has 0 unspecified atom stereocenters. The van der Waals surface area contributed by atoms with Crippen LogP contribution in [0.2, 0.25) is 0 Å². The van der Waals surface area contributed by atoms with Crippen LogP contribution in [0.4, 0.5) is 17.2 Å². The van der Waals surface area contributed by atoms with Crippen molar-refractivity contribution >= 4 is 39.2 Å². The van der Waals surface area contributed by atoms with Crippen molar-refractivity contribution in [2.24, 2.45) is 0 Å². The van der Waals surface area contributed by atoms with E-state index in [1.165, 1.54) is 26.2 Å². The van der Waals surface area contributed by atoms with Crippen molar-refractivity contribution in [3.8, 4) is 5.75 Å². The van der Waals surface area contributed by atoms with Gasteiger partial charge in [-0.05, 0) is 74.5 Å². The Kier molecular flexibility index (Phi) is 6.56. The number of aromatic nitrogens is 1. The summed E-state index contributed by atoms with van der Waals surface area (Å²) in [7, 11) is -0.696. The van der Waals surface area contributed by atoms with Crippen molar-refractivity contribution < 1.29 is 17.9 Å². The highest BCUT2D eigenvalue weighted by atomic mass is 32.2. The summed E-state index contributed by atoms with van der Waals surface area (Å²) in [6.45, 7) is 8.08. The lowest BCUT2D eigenvalue weighted by molar-refractivity contribution is 0.102. The van der Waals surface area contributed by atoms with Gasteiger partial charge < -0.3 is 15.0 Å². The minimum absolute atomic E-state index is 0.0773. The number of ether oxygens (including phenoxy) is 1. The molecule has 1 amide bonds. The van der Waals surface area contributed by atoms with Gasteiger partial charge in [-0.3, -0.25) is 9.69 Å². The molecular weight excluding hydrogens is 464 g/mol. The third kappa shape index (κ3) is 5.01. The molecule has 2 heterocycles. The summed E-state index contributed by atoms with van der Waals surface area (Å²) in [6, 6.07) is 15.6. The summed E-state index contributed by atoms with van der Waals surface area (Å²) in [5.41, 5.74) is 3.15. The number of H-pyrrole nitrogens is 1. The number of nitrogens with one attached hydrogen (secondary N) is 2. The van der Waals surface area contributed by atoms with Crippen molar-refractivity contribution in [1.29, 1.82) is 0 Å². The van der Waals surface area contributed by atoms with Crippen molar-refractivity contribution in [2.45, 2.75) is 24.8 Å². The monoisotopic (exact) mass is 492 g/mol. The number of sulfonamides is 1. The molecule has 0 aliphatic carbocycles. The molecule has 0 saturated heterocycles. The Hall–Kier alpha value is -3.82. The Morgan fingerprint density at radius 1 is 1.09 bits per heavy atom. The molecule has 0 atom stereocenters. The lowest BCUT2D eigenvalue weighted by Gasteiger charge is -2.27. The summed E-state index contributed by atoms with van der Waals surface area (Å²) >= 11 is 0. The van der Waals surface area contributed by atoms with E-state index in [9.17, 15) is 13.2 Å². The van der Waals surface area contributed by atoms with E-state index in [2.05, 4.69) is 16.9 Å². The summed E-state index contributed by atoms with van der Waals surface area (Å²) in [5.74, 6) is 1.09. The zero-order chi connectivity index (χ0) is 25.3. The molecule has 2 aromatic carbocycles. The maximum atomic E-state index is 13.0. The zero-order valence-electron chi connectivity index (χ0n) is 20.1. The van der Waals surface area contributed by atoms with Crippen LogP contribution in [0.3, 0.4) is 0 Å². The van der Waals surface area contributed by atoms with E-state index in [1.807, 2.05) is 55.2 Å². The third-order valence-corrected chi connectivity index (χ3v) is 7.19. The van der Waals surface area contributed by atoms with E-state index in [-0.39, 0.29) is 11.0 Å². The average Bonchev–Trinajstić information content (AvgIpc) is 3.24. The van der Waals surface area contributed by atoms with Crippen molar-refractivity contribution in [3.05, 3.63) is 84.2 Å². The minimum atomic E-state index is -3.62. The summed E-state index contributed by atoms with van der Waals surface area (Å²) in [6.07, 6.45) is 3.85. The lowest BCUT2D eigenvalue weighted by atomic mass is 10.1. The molecule has 0 spiro atoms. The van der Waals surface area contributed by atoms with E-state index in [4.69, 9.17) is 4.74 Å². The molecule has 1 aliphatic heterocycles. The second kappa shape index (κ2) is 9.44. The molecule has 9 heteroatoms. The van der Waals surface area contributed by atoms with Crippen LogP contribution in [0, 0.1) is 0 Å². The van der Waals surface area contributed by atoms with Gasteiger partial charge in [-0.1, -0.05) is 12.6 Å². The molecule has 182 valence electrons. The van der Waals surface area contributed by atoms with E-state index in [0.29, 0.717) is 17.2 Å². The van der Waals surface area contributed by atoms with Crippen LogP contribution in [0.15, 0.2) is 77.8 Å². The van der Waals surface area contributed by atoms with E-state index in [1.54, 1.807) is 18.2 Å². The van der Waals surface area contributed by atoms with Gasteiger partial charge in [-0.15, -0.1) is 0 Å². The van der Waals surface area contributed by atoms with Crippen molar-refractivity contribution in [1.82, 2.24) is 9.29 Å². The molecule has 8 nitrogen and oxygen atoms in total. The number of nitrogens with zero attached hydrogens (tertiary/aromatic N) is 2. The Morgan fingerprint density at radius 3 is 2.46 bits per heavy atom. The van der Waals surface area contributed by atoms with Crippen LogP contribution in [0.25, 0.3) is 6.08 Å². The van der Waals surface area contributed by atoms with Gasteiger partial charge in [-0.25, -0.2) is 12.7 Å². The Morgan fingerprint density at radius 2 is 1.80 bits per heavy atom. The van der Waals surface area contributed by atoms with E-state index >= 15 is 0 Å². The van der Waals surface area contributed by atoms with Crippen LogP contribution in [-0.4, -0.2) is 43.8 Å². The Bertz CT molecular complexity index is 1400. The first-order valence-corrected chi connectivity index (χ1v) is 12.5. The van der Waals surface area contributed by atoms with Gasteiger partial charge in [0.25, 0.3) is 5.91 Å². The highest BCUT2D eigenvalue weighted by Crippen LogP contribution is 2.37. The topological polar surface area (TPSA) is 94.7 Å². The summed E-state index contributed by atoms with van der Waals surface area (Å²) < 4.78 is 31.7. The number of amides is 1. The van der Waals surface area contributed by atoms with Crippen molar-refractivity contribution in [2.75, 3.05) is 24.3 Å². The quantitative estimate of drug-likeness (QED) is 0.485. The maximum absolute atomic E-state index is 13.0. The standard InChI is InChI=1S/C26H28N4O4S/c1-17(2)34-22-13-11-21(12-14-22)30-18(3)9-10-19-15-24(28-25(19)30)26(31)27-20-7-6-8-23(16-20)35(32,33)29(4)5/h6-17,28H,3H2,1-2,4-5H3,(H,27,31). The number of anilines is 3. The fourth-order valence-corrected chi connectivity index (χ4v) is 4.63. The molecule has 0 fully saturated rings. The Balaban J connectivity index is 1.59. The predicted octanol–water partition coefficient (Wildman–Crippen LogP) is 4.98. The van der Waals surface area contributed by atoms with Gasteiger partial charge in [0.05, 0.1) is 11.0 Å². The molecule has 4 rings (SSSR count). The van der Waals surface area contributed by atoms with Crippen molar-refractivity contribution in [3.63, 3.8) is 0 Å². The second-order valence-electron chi connectivity index (χ2n) is 8.58. The predicted molar refractivity (Wildman–Crippen MR) is 139 cm³/mol. The highest BCUT2D eigenvalue weighted by Gasteiger charge is 2.23. The van der Waals surface area contributed by atoms with Crippen LogP contribution in [0.5, 0.6) is 5.75 Å². The molecule has 0 radical (unpaired) electrons. The number of fused-ring (bicyclic) bond motifs is 1. The van der Waals surface area contributed by atoms with E-state index < -0.39 is 15.9 Å². The molecule has 2 N–H and O–H groups in total. The second-order valence-corrected chi connectivity index (χ2v) is 10.7. The fourth-order valence-electron chi connectivity index (χ4n) is 3.68. The van der Waals surface area contributed by atoms with Crippen LogP contribution in [-0.2, 0) is 10.0 Å². The first-order chi connectivity index (χ1) is 16.6. The largest absolute Gasteiger partial charge is 0.491 e. The number of aromatic amines is 1. The summed E-state index contributed by atoms with van der Waals surface area (Å²) in [4.78, 5) is 18.2. The van der Waals surface area contributed by atoms with Crippen LogP contribution < -0.4 is 15.0 Å². The average molecular weight is 493 g/mol. The van der Waals surface area contributed by atoms with Gasteiger partial charge in [-0.2, -0.15) is 0 Å². The first-order valence-electron chi connectivity index (χ1n) is 11.1. The number of benzene rings is 2. The zero-order valence-corrected chi connectivity index (χ0v) is 20.9. The minimum Gasteiger partial charge on any atom is -0.491 e. The Labute approximate surface area is 205 Å². The van der Waals surface area contributed by atoms with Gasteiger partial charge in [0.2, 0.25) is 10.0 Å². The summed E-state index contributed by atoms with van der Waals surface area (Å²) in [5, 5.41) is 2.78. The van der Waals surface area contributed by atoms with Gasteiger partial charge in [0.15, 0.2) is 0 Å². The fraction of sp³-hybridized carbons (Fsp3) is 0.192. The van der Waals surface area contributed by atoms with E-state index in [0.717, 1.165) is 27.0 Å². The normalized spacial score (nSPS) is 13.3. The van der Waals surface area contributed by atoms with Gasteiger partial charge >= 0.3 is 0 Å². The number of carbonyl (C=O) groups excluding carboxylic acids is 1. The number of carbonyl (C=O) groups is 1. The third-order valence-electron chi connectivity index (χ3n) is 5.37. The maximum Gasteiger partial charge on any atom is 0.272 e. The van der Waals surface area contributed by atoms with Gasteiger partial charge in [0.1, 0.15) is 17.3 Å². The smallest absolute Gasteiger partial charge is 0.272 e. The number of rotatable bonds is 7. The van der Waals surface area contributed by atoms with Gasteiger partial charge in [0, 0.05) is 36.7 Å². The lowest BCUT2D eigenvalue weighted by Crippen LogP contribution is -2.22. The molecule has 35 heavy (non-hydrogen) atoms. The van der Waals surface area contributed by atoms with Crippen LogP contribution in [0.1, 0.15) is 29.9 Å². The number of hydrogen-bond donors (Lipinski definition) is 2. The van der Waals surface area contributed by atoms with Crippen LogP contribution >= 0.6 is 0 Å². The SMILES string of the molecule is C=C1C=Cc2cc(C(=O)Nc3cccc(S(=O)(=O)N(C)C)c3)[nH]c2N1c1ccc(OC(C)C)cc1.